The predicted molar refractivity (Wildman–Crippen MR) is 43.4 cm³/mol. The van der Waals surface area contributed by atoms with Gasteiger partial charge in [-0.05, 0) is 5.56 Å². The summed E-state index contributed by atoms with van der Waals surface area (Å²) < 4.78 is 0. The first-order valence-electron chi connectivity index (χ1n) is 3.63. The van der Waals surface area contributed by atoms with E-state index >= 15 is 0 Å². The standard InChI is InChI=1S/C9H10O3/c10-8(9(11)12)6-7-4-2-1-3-5-7/h1-5,9,11-12H,6H2. The van der Waals surface area contributed by atoms with Gasteiger partial charge in [0.1, 0.15) is 0 Å². The minimum atomic E-state index is -1.86. The molecule has 0 aliphatic rings. The van der Waals surface area contributed by atoms with E-state index in [4.69, 9.17) is 10.2 Å². The fourth-order valence-electron chi connectivity index (χ4n) is 0.888. The number of aliphatic hydroxyl groups is 2. The molecule has 0 aliphatic carbocycles. The monoisotopic (exact) mass is 166 g/mol. The molecule has 0 heterocycles. The normalized spacial score (nSPS) is 10.2. The molecule has 64 valence electrons. The molecule has 0 spiro atoms. The highest BCUT2D eigenvalue weighted by molar-refractivity contribution is 5.83. The number of benzene rings is 1. The molecule has 0 amide bonds. The van der Waals surface area contributed by atoms with Crippen LogP contribution in [0, 0.1) is 0 Å². The summed E-state index contributed by atoms with van der Waals surface area (Å²) in [5.41, 5.74) is 0.788. The maximum absolute atomic E-state index is 10.8. The Morgan fingerprint density at radius 1 is 1.25 bits per heavy atom. The third-order valence-corrected chi connectivity index (χ3v) is 1.51. The second kappa shape index (κ2) is 3.99. The number of rotatable bonds is 3. The highest BCUT2D eigenvalue weighted by Gasteiger charge is 2.10. The van der Waals surface area contributed by atoms with Gasteiger partial charge in [0.15, 0.2) is 5.78 Å². The average Bonchev–Trinajstić information content (AvgIpc) is 2.06. The zero-order valence-electron chi connectivity index (χ0n) is 6.47. The molecule has 2 N–H and O–H groups in total. The molecule has 0 bridgehead atoms. The van der Waals surface area contributed by atoms with Crippen LogP contribution in [0.5, 0.6) is 0 Å². The van der Waals surface area contributed by atoms with Crippen LogP contribution < -0.4 is 0 Å². The van der Waals surface area contributed by atoms with Crippen molar-refractivity contribution in [2.45, 2.75) is 12.7 Å². The van der Waals surface area contributed by atoms with Gasteiger partial charge in [-0.15, -0.1) is 0 Å². The summed E-state index contributed by atoms with van der Waals surface area (Å²) in [6.45, 7) is 0. The van der Waals surface area contributed by atoms with Crippen molar-refractivity contribution in [3.63, 3.8) is 0 Å². The highest BCUT2D eigenvalue weighted by atomic mass is 16.5. The first-order valence-corrected chi connectivity index (χ1v) is 3.63. The number of hydrogen-bond donors (Lipinski definition) is 2. The molecule has 0 saturated carbocycles. The van der Waals surface area contributed by atoms with Crippen molar-refractivity contribution in [3.05, 3.63) is 35.9 Å². The van der Waals surface area contributed by atoms with Crippen LogP contribution >= 0.6 is 0 Å². The summed E-state index contributed by atoms with van der Waals surface area (Å²) in [4.78, 5) is 10.8. The molecule has 0 aromatic heterocycles. The molecule has 0 aliphatic heterocycles. The molecular weight excluding hydrogens is 156 g/mol. The molecule has 0 fully saturated rings. The summed E-state index contributed by atoms with van der Waals surface area (Å²) in [5, 5.41) is 17.0. The lowest BCUT2D eigenvalue weighted by Crippen LogP contribution is -2.21. The quantitative estimate of drug-likeness (QED) is 0.626. The smallest absolute Gasteiger partial charge is 0.213 e. The Hall–Kier alpha value is -1.19. The van der Waals surface area contributed by atoms with Gasteiger partial charge in [-0.2, -0.15) is 0 Å². The van der Waals surface area contributed by atoms with Crippen LogP contribution in [-0.2, 0) is 11.2 Å². The number of aliphatic hydroxyl groups excluding tert-OH is 1. The summed E-state index contributed by atoms with van der Waals surface area (Å²) in [7, 11) is 0. The lowest BCUT2D eigenvalue weighted by molar-refractivity contribution is -0.144. The molecule has 0 unspecified atom stereocenters. The lowest BCUT2D eigenvalue weighted by atomic mass is 10.1. The van der Waals surface area contributed by atoms with Crippen molar-refractivity contribution in [3.8, 4) is 0 Å². The van der Waals surface area contributed by atoms with Crippen molar-refractivity contribution in [1.82, 2.24) is 0 Å². The van der Waals surface area contributed by atoms with Crippen molar-refractivity contribution in [2.75, 3.05) is 0 Å². The Morgan fingerprint density at radius 2 is 1.83 bits per heavy atom. The van der Waals surface area contributed by atoms with E-state index in [2.05, 4.69) is 0 Å². The van der Waals surface area contributed by atoms with Crippen LogP contribution in [0.25, 0.3) is 0 Å². The molecule has 0 saturated heterocycles. The fraction of sp³-hybridized carbons (Fsp3) is 0.222. The summed E-state index contributed by atoms with van der Waals surface area (Å²) in [5.74, 6) is -0.582. The van der Waals surface area contributed by atoms with Gasteiger partial charge in [0, 0.05) is 6.42 Å². The minimum Gasteiger partial charge on any atom is -0.362 e. The Morgan fingerprint density at radius 3 is 2.33 bits per heavy atom. The second-order valence-corrected chi connectivity index (χ2v) is 2.50. The van der Waals surface area contributed by atoms with Crippen molar-refractivity contribution >= 4 is 5.78 Å². The molecule has 3 heteroatoms. The van der Waals surface area contributed by atoms with Crippen LogP contribution in [0.4, 0.5) is 0 Å². The minimum absolute atomic E-state index is 0.0680. The van der Waals surface area contributed by atoms with E-state index in [0.29, 0.717) is 0 Å². The topological polar surface area (TPSA) is 57.5 Å². The third-order valence-electron chi connectivity index (χ3n) is 1.51. The van der Waals surface area contributed by atoms with Crippen LogP contribution in [0.3, 0.4) is 0 Å². The summed E-state index contributed by atoms with van der Waals surface area (Å²) in [6, 6.07) is 8.96. The van der Waals surface area contributed by atoms with Crippen LogP contribution in [0.1, 0.15) is 5.56 Å². The zero-order chi connectivity index (χ0) is 8.97. The first kappa shape index (κ1) is 8.90. The van der Waals surface area contributed by atoms with Gasteiger partial charge in [0.25, 0.3) is 0 Å². The van der Waals surface area contributed by atoms with Gasteiger partial charge < -0.3 is 10.2 Å². The Bertz CT molecular complexity index is 254. The molecule has 1 aromatic rings. The predicted octanol–water partition coefficient (Wildman–Crippen LogP) is 0.109. The van der Waals surface area contributed by atoms with Crippen molar-refractivity contribution in [2.24, 2.45) is 0 Å². The van der Waals surface area contributed by atoms with Gasteiger partial charge in [-0.3, -0.25) is 4.79 Å². The van der Waals surface area contributed by atoms with Crippen LogP contribution in [0.15, 0.2) is 30.3 Å². The van der Waals surface area contributed by atoms with Gasteiger partial charge in [-0.1, -0.05) is 30.3 Å². The van der Waals surface area contributed by atoms with Gasteiger partial charge in [-0.25, -0.2) is 0 Å². The largest absolute Gasteiger partial charge is 0.362 e. The van der Waals surface area contributed by atoms with Crippen molar-refractivity contribution in [1.29, 1.82) is 0 Å². The van der Waals surface area contributed by atoms with E-state index in [1.165, 1.54) is 0 Å². The fourth-order valence-corrected chi connectivity index (χ4v) is 0.888. The van der Waals surface area contributed by atoms with E-state index < -0.39 is 12.1 Å². The maximum Gasteiger partial charge on any atom is 0.213 e. The van der Waals surface area contributed by atoms with Gasteiger partial charge >= 0.3 is 0 Å². The lowest BCUT2D eigenvalue weighted by Gasteiger charge is -2.01. The molecular formula is C9H10O3. The summed E-state index contributed by atoms with van der Waals surface area (Å²) in [6.07, 6.45) is -1.79. The summed E-state index contributed by atoms with van der Waals surface area (Å²) >= 11 is 0. The Kier molecular flexibility index (Phi) is 2.96. The van der Waals surface area contributed by atoms with E-state index in [1.807, 2.05) is 6.07 Å². The highest BCUT2D eigenvalue weighted by Crippen LogP contribution is 2.00. The molecule has 12 heavy (non-hydrogen) atoms. The first-order chi connectivity index (χ1) is 5.70. The number of hydrogen-bond acceptors (Lipinski definition) is 3. The molecule has 3 nitrogen and oxygen atoms in total. The average molecular weight is 166 g/mol. The number of Topliss-reactive ketones (excluding diaryl/α,β-unsaturated/α-hetero) is 1. The number of ketones is 1. The van der Waals surface area contributed by atoms with Gasteiger partial charge in [0.2, 0.25) is 6.29 Å². The number of carbonyl (C=O) groups excluding carboxylic acids is 1. The molecule has 0 atom stereocenters. The van der Waals surface area contributed by atoms with E-state index in [1.54, 1.807) is 24.3 Å². The number of carbonyl (C=O) groups is 1. The van der Waals surface area contributed by atoms with Crippen molar-refractivity contribution < 1.29 is 15.0 Å². The van der Waals surface area contributed by atoms with Crippen LogP contribution in [-0.4, -0.2) is 22.3 Å². The Labute approximate surface area is 70.3 Å². The van der Waals surface area contributed by atoms with Gasteiger partial charge in [0.05, 0.1) is 0 Å². The zero-order valence-corrected chi connectivity index (χ0v) is 6.47. The SMILES string of the molecule is O=C(Cc1ccccc1)C(O)O. The molecule has 1 aromatic carbocycles. The van der Waals surface area contributed by atoms with Crippen LogP contribution in [0.2, 0.25) is 0 Å². The Balaban J connectivity index is 2.59. The third kappa shape index (κ3) is 2.45. The maximum atomic E-state index is 10.8. The van der Waals surface area contributed by atoms with E-state index in [-0.39, 0.29) is 6.42 Å². The second-order valence-electron chi connectivity index (χ2n) is 2.50. The molecule has 1 rings (SSSR count). The van der Waals surface area contributed by atoms with E-state index in [0.717, 1.165) is 5.56 Å². The molecule has 0 radical (unpaired) electrons. The van der Waals surface area contributed by atoms with E-state index in [9.17, 15) is 4.79 Å².